The van der Waals surface area contributed by atoms with Crippen molar-refractivity contribution in [1.82, 2.24) is 0 Å². The molecule has 2 N–H and O–H groups in total. The van der Waals surface area contributed by atoms with Gasteiger partial charge in [0.2, 0.25) is 0 Å². The van der Waals surface area contributed by atoms with E-state index in [0.29, 0.717) is 5.57 Å². The molecule has 0 fully saturated rings. The molecule has 0 aliphatic rings. The van der Waals surface area contributed by atoms with Gasteiger partial charge in [-0.1, -0.05) is 18.2 Å². The summed E-state index contributed by atoms with van der Waals surface area (Å²) < 4.78 is 10.1. The molecule has 1 aromatic carbocycles. The second-order valence-electron chi connectivity index (χ2n) is 5.33. The van der Waals surface area contributed by atoms with E-state index in [1.54, 1.807) is 39.0 Å². The fraction of sp³-hybridized carbons (Fsp3) is 0.412. The Morgan fingerprint density at radius 3 is 2.48 bits per heavy atom. The van der Waals surface area contributed by atoms with Gasteiger partial charge in [0.05, 0.1) is 6.61 Å². The summed E-state index contributed by atoms with van der Waals surface area (Å²) in [5.74, 6) is -1.04. The molecule has 0 aromatic heterocycles. The molecule has 0 saturated carbocycles. The number of ether oxygens (including phenoxy) is 2. The van der Waals surface area contributed by atoms with Crippen LogP contribution in [0, 0.1) is 6.92 Å². The molecule has 1 atom stereocenters. The number of hydrogen-bond acceptors (Lipinski definition) is 6. The zero-order valence-electron chi connectivity index (χ0n) is 13.8. The van der Waals surface area contributed by atoms with Gasteiger partial charge in [0.1, 0.15) is 12.4 Å². The summed E-state index contributed by atoms with van der Waals surface area (Å²) in [4.78, 5) is 22.9. The summed E-state index contributed by atoms with van der Waals surface area (Å²) in [6, 6.07) is 4.80. The lowest BCUT2D eigenvalue weighted by Crippen LogP contribution is -2.37. The van der Waals surface area contributed by atoms with Crippen LogP contribution in [0.2, 0.25) is 0 Å². The number of carbonyl (C=O) groups excluding carboxylic acids is 2. The first kappa shape index (κ1) is 18.9. The molecule has 1 rings (SSSR count). The van der Waals surface area contributed by atoms with Gasteiger partial charge in [-0.3, -0.25) is 4.79 Å². The summed E-state index contributed by atoms with van der Waals surface area (Å²) in [6.45, 7) is 5.16. The average Bonchev–Trinajstić information content (AvgIpc) is 2.51. The third-order valence-electron chi connectivity index (χ3n) is 3.37. The third-order valence-corrected chi connectivity index (χ3v) is 3.37. The summed E-state index contributed by atoms with van der Waals surface area (Å²) in [6.07, 6.45) is 1.61. The molecule has 0 bridgehead atoms. The molecular formula is C17H22O6. The highest BCUT2D eigenvalue weighted by atomic mass is 16.5. The third kappa shape index (κ3) is 4.91. The van der Waals surface area contributed by atoms with Gasteiger partial charge in [-0.25, -0.2) is 4.79 Å². The molecule has 6 heteroatoms. The molecule has 0 unspecified atom stereocenters. The van der Waals surface area contributed by atoms with Crippen molar-refractivity contribution >= 4 is 11.9 Å². The van der Waals surface area contributed by atoms with Gasteiger partial charge in [-0.2, -0.15) is 0 Å². The van der Waals surface area contributed by atoms with Crippen LogP contribution in [0.5, 0.6) is 5.75 Å². The molecule has 0 spiro atoms. The lowest BCUT2D eigenvalue weighted by Gasteiger charge is -2.27. The maximum absolute atomic E-state index is 12.0. The second kappa shape index (κ2) is 7.89. The number of esters is 2. The second-order valence-corrected chi connectivity index (χ2v) is 5.33. The molecule has 0 aliphatic heterocycles. The number of aryl methyl sites for hydroxylation is 1. The standard InChI is InChI=1S/C17H22O6/c1-5-12(3)16(20)23-15-8-11(2)6-7-14(15)17(21,9-18)10-22-13(4)19/h5-8,18,21H,9-10H2,1-4H3/b12-5+/t17-/m0/s1. The van der Waals surface area contributed by atoms with E-state index < -0.39 is 30.8 Å². The monoisotopic (exact) mass is 322 g/mol. The molecule has 126 valence electrons. The van der Waals surface area contributed by atoms with E-state index in [1.165, 1.54) is 13.0 Å². The maximum Gasteiger partial charge on any atom is 0.338 e. The zero-order chi connectivity index (χ0) is 17.6. The van der Waals surface area contributed by atoms with Crippen molar-refractivity contribution in [2.24, 2.45) is 0 Å². The predicted molar refractivity (Wildman–Crippen MR) is 83.9 cm³/mol. The van der Waals surface area contributed by atoms with E-state index in [1.807, 2.05) is 0 Å². The number of hydrogen-bond donors (Lipinski definition) is 2. The fourth-order valence-corrected chi connectivity index (χ4v) is 1.83. The lowest BCUT2D eigenvalue weighted by atomic mass is 9.93. The van der Waals surface area contributed by atoms with Gasteiger partial charge in [-0.05, 0) is 32.4 Å². The van der Waals surface area contributed by atoms with Crippen LogP contribution < -0.4 is 4.74 Å². The van der Waals surface area contributed by atoms with Crippen molar-refractivity contribution in [3.8, 4) is 5.75 Å². The average molecular weight is 322 g/mol. The molecule has 1 aromatic rings. The van der Waals surface area contributed by atoms with Gasteiger partial charge >= 0.3 is 11.9 Å². The molecule has 0 heterocycles. The summed E-state index contributed by atoms with van der Waals surface area (Å²) >= 11 is 0. The normalized spacial score (nSPS) is 14.1. The predicted octanol–water partition coefficient (Wildman–Crippen LogP) is 1.61. The van der Waals surface area contributed by atoms with Crippen LogP contribution in [0.25, 0.3) is 0 Å². The smallest absolute Gasteiger partial charge is 0.338 e. The highest BCUT2D eigenvalue weighted by molar-refractivity contribution is 5.89. The minimum Gasteiger partial charge on any atom is -0.462 e. The topological polar surface area (TPSA) is 93.1 Å². The number of allylic oxidation sites excluding steroid dienone is 1. The Hall–Kier alpha value is -2.18. The number of benzene rings is 1. The van der Waals surface area contributed by atoms with E-state index in [-0.39, 0.29) is 11.3 Å². The minimum absolute atomic E-state index is 0.111. The van der Waals surface area contributed by atoms with Crippen LogP contribution in [-0.4, -0.2) is 35.4 Å². The molecule has 6 nitrogen and oxygen atoms in total. The molecular weight excluding hydrogens is 300 g/mol. The van der Waals surface area contributed by atoms with Crippen molar-refractivity contribution < 1.29 is 29.3 Å². The summed E-state index contributed by atoms with van der Waals surface area (Å²) in [5.41, 5.74) is -0.477. The molecule has 23 heavy (non-hydrogen) atoms. The molecule has 0 saturated heterocycles. The number of carbonyl (C=O) groups is 2. The first-order chi connectivity index (χ1) is 10.7. The Morgan fingerprint density at radius 2 is 1.96 bits per heavy atom. The number of rotatable bonds is 6. The van der Waals surface area contributed by atoms with E-state index in [9.17, 15) is 19.8 Å². The van der Waals surface area contributed by atoms with Crippen LogP contribution in [0.3, 0.4) is 0 Å². The highest BCUT2D eigenvalue weighted by Gasteiger charge is 2.34. The molecule has 0 radical (unpaired) electrons. The van der Waals surface area contributed by atoms with E-state index in [2.05, 4.69) is 0 Å². The van der Waals surface area contributed by atoms with Gasteiger partial charge < -0.3 is 19.7 Å². The van der Waals surface area contributed by atoms with E-state index in [4.69, 9.17) is 9.47 Å². The fourth-order valence-electron chi connectivity index (χ4n) is 1.83. The Bertz CT molecular complexity index is 620. The summed E-state index contributed by atoms with van der Waals surface area (Å²) in [7, 11) is 0. The van der Waals surface area contributed by atoms with Crippen molar-refractivity contribution in [3.05, 3.63) is 41.0 Å². The zero-order valence-corrected chi connectivity index (χ0v) is 13.8. The molecule has 0 amide bonds. The Kier molecular flexibility index (Phi) is 6.48. The van der Waals surface area contributed by atoms with E-state index >= 15 is 0 Å². The van der Waals surface area contributed by atoms with Crippen LogP contribution >= 0.6 is 0 Å². The largest absolute Gasteiger partial charge is 0.462 e. The van der Waals surface area contributed by atoms with Gasteiger partial charge in [0.15, 0.2) is 5.60 Å². The number of aliphatic hydroxyl groups excluding tert-OH is 1. The minimum atomic E-state index is -1.86. The maximum atomic E-state index is 12.0. The number of aliphatic hydroxyl groups is 2. The van der Waals surface area contributed by atoms with E-state index in [0.717, 1.165) is 5.56 Å². The van der Waals surface area contributed by atoms with Gasteiger partial charge in [0.25, 0.3) is 0 Å². The van der Waals surface area contributed by atoms with Crippen molar-refractivity contribution in [2.75, 3.05) is 13.2 Å². The van der Waals surface area contributed by atoms with Crippen LogP contribution in [0.4, 0.5) is 0 Å². The lowest BCUT2D eigenvalue weighted by molar-refractivity contribution is -0.152. The van der Waals surface area contributed by atoms with Crippen molar-refractivity contribution in [2.45, 2.75) is 33.3 Å². The quantitative estimate of drug-likeness (QED) is 0.469. The first-order valence-corrected chi connectivity index (χ1v) is 7.16. The highest BCUT2D eigenvalue weighted by Crippen LogP contribution is 2.32. The Morgan fingerprint density at radius 1 is 1.30 bits per heavy atom. The van der Waals surface area contributed by atoms with Crippen molar-refractivity contribution in [3.63, 3.8) is 0 Å². The van der Waals surface area contributed by atoms with Crippen LogP contribution in [0.1, 0.15) is 31.9 Å². The molecule has 0 aliphatic carbocycles. The van der Waals surface area contributed by atoms with Crippen LogP contribution in [-0.2, 0) is 19.9 Å². The SMILES string of the molecule is C/C=C(\C)C(=O)Oc1cc(C)ccc1[C@](O)(CO)COC(C)=O. The first-order valence-electron chi connectivity index (χ1n) is 7.16. The Labute approximate surface area is 135 Å². The van der Waals surface area contributed by atoms with Crippen molar-refractivity contribution in [1.29, 1.82) is 0 Å². The van der Waals surface area contributed by atoms with Gasteiger partial charge in [0, 0.05) is 18.1 Å². The van der Waals surface area contributed by atoms with Gasteiger partial charge in [-0.15, -0.1) is 0 Å². The van der Waals surface area contributed by atoms with Crippen LogP contribution in [0.15, 0.2) is 29.8 Å². The summed E-state index contributed by atoms with van der Waals surface area (Å²) in [5, 5.41) is 20.1. The Balaban J connectivity index is 3.23.